The van der Waals surface area contributed by atoms with Crippen LogP contribution in [-0.2, 0) is 0 Å². The van der Waals surface area contributed by atoms with Crippen molar-refractivity contribution in [2.45, 2.75) is 6.92 Å². The Hall–Kier alpha value is -3.33. The van der Waals surface area contributed by atoms with Gasteiger partial charge in [-0.15, -0.1) is 11.3 Å². The van der Waals surface area contributed by atoms with Gasteiger partial charge in [0.25, 0.3) is 5.91 Å². The molecule has 9 heteroatoms. The molecule has 3 rings (SSSR count). The van der Waals surface area contributed by atoms with Gasteiger partial charge in [-0.3, -0.25) is 4.79 Å². The summed E-state index contributed by atoms with van der Waals surface area (Å²) in [5.74, 6) is 0.719. The number of nitrogens with one attached hydrogen (secondary N) is 1. The predicted octanol–water partition coefficient (Wildman–Crippen LogP) is 4.54. The fourth-order valence-electron chi connectivity index (χ4n) is 2.94. The molecule has 0 aliphatic carbocycles. The van der Waals surface area contributed by atoms with E-state index in [0.717, 1.165) is 11.3 Å². The molecule has 0 saturated heterocycles. The maximum atomic E-state index is 14.4. The lowest BCUT2D eigenvalue weighted by molar-refractivity contribution is 0.103. The number of aromatic nitrogens is 1. The first-order valence-corrected chi connectivity index (χ1v) is 9.66. The van der Waals surface area contributed by atoms with Crippen molar-refractivity contribution in [2.75, 3.05) is 33.8 Å². The Bertz CT molecular complexity index is 1060. The van der Waals surface area contributed by atoms with Crippen LogP contribution in [0, 0.1) is 12.7 Å². The predicted molar refractivity (Wildman–Crippen MR) is 113 cm³/mol. The Kier molecular flexibility index (Phi) is 6.41. The van der Waals surface area contributed by atoms with Crippen molar-refractivity contribution >= 4 is 22.9 Å². The number of anilines is 1. The van der Waals surface area contributed by atoms with Crippen molar-refractivity contribution in [1.82, 2.24) is 4.98 Å². The average Bonchev–Trinajstić information content (AvgIpc) is 3.13. The standard InChI is InChI=1S/C21H21FN2O5S/c1-11-19(30-21(23-11)17-13(22)7-6-8-14(17)26-2)20(25)24-12-9-15(27-3)18(29-5)16(10-12)28-4/h6-10H,1-5H3,(H,24,25). The number of benzene rings is 2. The van der Waals surface area contributed by atoms with E-state index in [0.29, 0.717) is 44.3 Å². The molecule has 7 nitrogen and oxygen atoms in total. The lowest BCUT2D eigenvalue weighted by Gasteiger charge is -2.14. The second-order valence-electron chi connectivity index (χ2n) is 6.12. The summed E-state index contributed by atoms with van der Waals surface area (Å²) in [5.41, 5.74) is 1.15. The molecule has 3 aromatic rings. The van der Waals surface area contributed by atoms with Crippen molar-refractivity contribution in [2.24, 2.45) is 0 Å². The number of nitrogens with zero attached hydrogens (tertiary/aromatic N) is 1. The van der Waals surface area contributed by atoms with E-state index >= 15 is 0 Å². The number of carbonyl (C=O) groups is 1. The molecule has 0 aliphatic heterocycles. The molecule has 1 N–H and O–H groups in total. The maximum absolute atomic E-state index is 14.4. The van der Waals surface area contributed by atoms with Crippen LogP contribution < -0.4 is 24.3 Å². The number of ether oxygens (including phenoxy) is 4. The van der Waals surface area contributed by atoms with E-state index in [1.165, 1.54) is 34.5 Å². The highest BCUT2D eigenvalue weighted by Gasteiger charge is 2.22. The topological polar surface area (TPSA) is 78.9 Å². The van der Waals surface area contributed by atoms with Crippen molar-refractivity contribution in [3.8, 4) is 33.6 Å². The molecular weight excluding hydrogens is 411 g/mol. The average molecular weight is 432 g/mol. The van der Waals surface area contributed by atoms with Gasteiger partial charge in [-0.2, -0.15) is 0 Å². The van der Waals surface area contributed by atoms with Crippen molar-refractivity contribution < 1.29 is 28.1 Å². The molecule has 0 spiro atoms. The lowest BCUT2D eigenvalue weighted by atomic mass is 10.2. The third-order valence-electron chi connectivity index (χ3n) is 4.33. The fourth-order valence-corrected chi connectivity index (χ4v) is 3.95. The highest BCUT2D eigenvalue weighted by Crippen LogP contribution is 2.40. The molecule has 0 saturated carbocycles. The van der Waals surface area contributed by atoms with E-state index in [1.54, 1.807) is 31.2 Å². The normalized spacial score (nSPS) is 10.5. The van der Waals surface area contributed by atoms with Gasteiger partial charge in [-0.05, 0) is 19.1 Å². The maximum Gasteiger partial charge on any atom is 0.267 e. The Morgan fingerprint density at radius 2 is 1.63 bits per heavy atom. The van der Waals surface area contributed by atoms with Crippen LogP contribution in [0.3, 0.4) is 0 Å². The second-order valence-corrected chi connectivity index (χ2v) is 7.12. The number of rotatable bonds is 7. The number of halogens is 1. The fraction of sp³-hybridized carbons (Fsp3) is 0.238. The number of hydrogen-bond donors (Lipinski definition) is 1. The molecule has 1 heterocycles. The van der Waals surface area contributed by atoms with Gasteiger partial charge in [0, 0.05) is 17.8 Å². The van der Waals surface area contributed by atoms with Gasteiger partial charge in [0.1, 0.15) is 21.5 Å². The molecule has 1 aromatic heterocycles. The van der Waals surface area contributed by atoms with Crippen LogP contribution in [-0.4, -0.2) is 39.3 Å². The Labute approximate surface area is 177 Å². The summed E-state index contributed by atoms with van der Waals surface area (Å²) in [6, 6.07) is 7.76. The van der Waals surface area contributed by atoms with Gasteiger partial charge in [-0.1, -0.05) is 6.07 Å². The number of methoxy groups -OCH3 is 4. The number of thiazole rings is 1. The van der Waals surface area contributed by atoms with E-state index in [-0.39, 0.29) is 11.5 Å². The number of aryl methyl sites for hydroxylation is 1. The highest BCUT2D eigenvalue weighted by atomic mass is 32.1. The monoisotopic (exact) mass is 432 g/mol. The van der Waals surface area contributed by atoms with Gasteiger partial charge in [0.2, 0.25) is 5.75 Å². The molecule has 158 valence electrons. The Morgan fingerprint density at radius 1 is 1.00 bits per heavy atom. The molecule has 0 aliphatic rings. The largest absolute Gasteiger partial charge is 0.496 e. The minimum absolute atomic E-state index is 0.222. The minimum Gasteiger partial charge on any atom is -0.496 e. The Morgan fingerprint density at radius 3 is 2.20 bits per heavy atom. The summed E-state index contributed by atoms with van der Waals surface area (Å²) >= 11 is 1.08. The van der Waals surface area contributed by atoms with E-state index in [9.17, 15) is 9.18 Å². The van der Waals surface area contributed by atoms with Crippen molar-refractivity contribution in [3.63, 3.8) is 0 Å². The SMILES string of the molecule is COc1cc(NC(=O)c2sc(-c3c(F)cccc3OC)nc2C)cc(OC)c1OC. The zero-order valence-electron chi connectivity index (χ0n) is 17.2. The van der Waals surface area contributed by atoms with Crippen LogP contribution >= 0.6 is 11.3 Å². The summed E-state index contributed by atoms with van der Waals surface area (Å²) in [5, 5.41) is 3.16. The number of hydrogen-bond acceptors (Lipinski definition) is 7. The minimum atomic E-state index is -0.473. The van der Waals surface area contributed by atoms with Gasteiger partial charge in [0.05, 0.1) is 39.7 Å². The molecule has 0 atom stereocenters. The third kappa shape index (κ3) is 4.02. The highest BCUT2D eigenvalue weighted by molar-refractivity contribution is 7.17. The van der Waals surface area contributed by atoms with Crippen molar-refractivity contribution in [1.29, 1.82) is 0 Å². The molecule has 1 amide bonds. The zero-order valence-corrected chi connectivity index (χ0v) is 18.0. The van der Waals surface area contributed by atoms with Crippen LogP contribution in [0.15, 0.2) is 30.3 Å². The Balaban J connectivity index is 1.95. The van der Waals surface area contributed by atoms with Crippen LogP contribution in [0.1, 0.15) is 15.4 Å². The number of carbonyl (C=O) groups excluding carboxylic acids is 1. The molecule has 2 aromatic carbocycles. The van der Waals surface area contributed by atoms with Crippen molar-refractivity contribution in [3.05, 3.63) is 46.7 Å². The van der Waals surface area contributed by atoms with Crippen LogP contribution in [0.5, 0.6) is 23.0 Å². The summed E-state index contributed by atoms with van der Waals surface area (Å²) in [7, 11) is 5.93. The molecule has 0 radical (unpaired) electrons. The zero-order chi connectivity index (χ0) is 21.8. The first kappa shape index (κ1) is 21.4. The third-order valence-corrected chi connectivity index (χ3v) is 5.51. The first-order valence-electron chi connectivity index (χ1n) is 8.85. The van der Waals surface area contributed by atoms with E-state index in [2.05, 4.69) is 10.3 Å². The van der Waals surface area contributed by atoms with Gasteiger partial charge >= 0.3 is 0 Å². The second kappa shape index (κ2) is 9.00. The molecular formula is C21H21FN2O5S. The molecule has 0 unspecified atom stereocenters. The summed E-state index contributed by atoms with van der Waals surface area (Å²) in [4.78, 5) is 17.6. The first-order chi connectivity index (χ1) is 14.4. The van der Waals surface area contributed by atoms with Crippen LogP contribution in [0.2, 0.25) is 0 Å². The smallest absolute Gasteiger partial charge is 0.267 e. The number of amides is 1. The molecule has 0 fully saturated rings. The lowest BCUT2D eigenvalue weighted by Crippen LogP contribution is -2.12. The van der Waals surface area contributed by atoms with Crippen LogP contribution in [0.4, 0.5) is 10.1 Å². The quantitative estimate of drug-likeness (QED) is 0.590. The van der Waals surface area contributed by atoms with Gasteiger partial charge in [-0.25, -0.2) is 9.37 Å². The molecule has 30 heavy (non-hydrogen) atoms. The molecule has 0 bridgehead atoms. The van der Waals surface area contributed by atoms with Crippen LogP contribution in [0.25, 0.3) is 10.6 Å². The summed E-state index contributed by atoms with van der Waals surface area (Å²) < 4.78 is 35.5. The van der Waals surface area contributed by atoms with E-state index in [1.807, 2.05) is 0 Å². The summed E-state index contributed by atoms with van der Waals surface area (Å²) in [6.45, 7) is 1.69. The van der Waals surface area contributed by atoms with Gasteiger partial charge in [0.15, 0.2) is 11.5 Å². The van der Waals surface area contributed by atoms with Gasteiger partial charge < -0.3 is 24.3 Å². The van der Waals surface area contributed by atoms with E-state index < -0.39 is 5.82 Å². The van der Waals surface area contributed by atoms with E-state index in [4.69, 9.17) is 18.9 Å². The summed E-state index contributed by atoms with van der Waals surface area (Å²) in [6.07, 6.45) is 0.